The first kappa shape index (κ1) is 8.72. The quantitative estimate of drug-likeness (QED) is 0.652. The van der Waals surface area contributed by atoms with Crippen molar-refractivity contribution in [2.75, 3.05) is 6.54 Å². The normalized spacial score (nSPS) is 31.8. The predicted octanol–water partition coefficient (Wildman–Crippen LogP) is 1.35. The van der Waals surface area contributed by atoms with Gasteiger partial charge in [0.15, 0.2) is 0 Å². The average Bonchev–Trinajstić information content (AvgIpc) is 2.05. The van der Waals surface area contributed by atoms with Crippen LogP contribution in [0.3, 0.4) is 0 Å². The van der Waals surface area contributed by atoms with Gasteiger partial charge in [-0.2, -0.15) is 0 Å². The summed E-state index contributed by atoms with van der Waals surface area (Å²) in [4.78, 5) is 11.2. The summed E-state index contributed by atoms with van der Waals surface area (Å²) in [6, 6.07) is 0.607. The minimum absolute atomic E-state index is 0.302. The molecule has 1 heterocycles. The van der Waals surface area contributed by atoms with E-state index in [0.29, 0.717) is 24.2 Å². The van der Waals surface area contributed by atoms with E-state index in [1.165, 1.54) is 0 Å². The van der Waals surface area contributed by atoms with Crippen LogP contribution in [0, 0.1) is 5.92 Å². The number of nitrogens with one attached hydrogen (secondary N) is 1. The van der Waals surface area contributed by atoms with Crippen LogP contribution in [-0.4, -0.2) is 18.4 Å². The molecule has 1 aliphatic heterocycles. The molecule has 1 rings (SSSR count). The average molecular weight is 155 g/mol. The van der Waals surface area contributed by atoms with Gasteiger partial charge < -0.3 is 5.32 Å². The van der Waals surface area contributed by atoms with Crippen molar-refractivity contribution in [3.05, 3.63) is 0 Å². The zero-order chi connectivity index (χ0) is 8.27. The Morgan fingerprint density at radius 1 is 1.55 bits per heavy atom. The van der Waals surface area contributed by atoms with Crippen LogP contribution in [0.25, 0.3) is 0 Å². The first-order chi connectivity index (χ1) is 5.24. The van der Waals surface area contributed by atoms with Crippen LogP contribution in [0.1, 0.15) is 33.1 Å². The second-order valence-corrected chi connectivity index (χ2v) is 3.40. The van der Waals surface area contributed by atoms with Crippen molar-refractivity contribution in [2.24, 2.45) is 5.92 Å². The van der Waals surface area contributed by atoms with Crippen molar-refractivity contribution < 1.29 is 4.79 Å². The summed E-state index contributed by atoms with van der Waals surface area (Å²) in [6.45, 7) is 5.01. The molecule has 1 saturated heterocycles. The van der Waals surface area contributed by atoms with Gasteiger partial charge in [-0.3, -0.25) is 4.79 Å². The van der Waals surface area contributed by atoms with Gasteiger partial charge in [-0.25, -0.2) is 0 Å². The Kier molecular flexibility index (Phi) is 3.06. The lowest BCUT2D eigenvalue weighted by atomic mass is 9.91. The monoisotopic (exact) mass is 155 g/mol. The fraction of sp³-hybridized carbons (Fsp3) is 0.889. The van der Waals surface area contributed by atoms with Crippen molar-refractivity contribution in [3.8, 4) is 0 Å². The Bertz CT molecular complexity index is 136. The molecule has 11 heavy (non-hydrogen) atoms. The first-order valence-corrected chi connectivity index (χ1v) is 4.50. The molecular weight excluding hydrogens is 138 g/mol. The van der Waals surface area contributed by atoms with E-state index in [4.69, 9.17) is 0 Å². The summed E-state index contributed by atoms with van der Waals surface area (Å²) in [5.41, 5.74) is 0. The number of hydrogen-bond donors (Lipinski definition) is 1. The fourth-order valence-electron chi connectivity index (χ4n) is 1.56. The molecule has 2 heteroatoms. The Balaban J connectivity index is 2.33. The highest BCUT2D eigenvalue weighted by Crippen LogP contribution is 2.15. The molecule has 1 N–H and O–H groups in total. The highest BCUT2D eigenvalue weighted by atomic mass is 16.1. The van der Waals surface area contributed by atoms with Gasteiger partial charge in [0.2, 0.25) is 0 Å². The minimum atomic E-state index is 0.302. The number of carbonyl (C=O) groups is 1. The number of carbonyl (C=O) groups excluding carboxylic acids is 1. The highest BCUT2D eigenvalue weighted by molar-refractivity contribution is 5.80. The van der Waals surface area contributed by atoms with Crippen molar-refractivity contribution in [1.29, 1.82) is 0 Å². The van der Waals surface area contributed by atoms with Crippen LogP contribution < -0.4 is 5.32 Å². The van der Waals surface area contributed by atoms with Gasteiger partial charge in [-0.05, 0) is 19.8 Å². The zero-order valence-corrected chi connectivity index (χ0v) is 7.39. The van der Waals surface area contributed by atoms with Crippen LogP contribution in [0.4, 0.5) is 0 Å². The van der Waals surface area contributed by atoms with E-state index in [9.17, 15) is 4.79 Å². The minimum Gasteiger partial charge on any atom is -0.314 e. The van der Waals surface area contributed by atoms with Crippen LogP contribution in [0.2, 0.25) is 0 Å². The third-order valence-corrected chi connectivity index (χ3v) is 2.46. The van der Waals surface area contributed by atoms with Gasteiger partial charge in [0.05, 0.1) is 0 Å². The standard InChI is InChI=1S/C9H17NO/c1-3-9(11)8-5-4-7(2)10-6-8/h7-8,10H,3-6H2,1-2H3. The molecule has 0 aromatic heterocycles. The van der Waals surface area contributed by atoms with Gasteiger partial charge >= 0.3 is 0 Å². The van der Waals surface area contributed by atoms with Crippen LogP contribution in [0.15, 0.2) is 0 Å². The third-order valence-electron chi connectivity index (χ3n) is 2.46. The lowest BCUT2D eigenvalue weighted by Crippen LogP contribution is -2.39. The molecule has 1 aliphatic rings. The van der Waals surface area contributed by atoms with Crippen molar-refractivity contribution in [1.82, 2.24) is 5.32 Å². The number of Topliss-reactive ketones (excluding diaryl/α,β-unsaturated/α-hetero) is 1. The summed E-state index contributed by atoms with van der Waals surface area (Å²) in [5, 5.41) is 3.33. The summed E-state index contributed by atoms with van der Waals surface area (Å²) in [7, 11) is 0. The SMILES string of the molecule is CCC(=O)C1CCC(C)NC1. The van der Waals surface area contributed by atoms with E-state index in [1.807, 2.05) is 6.92 Å². The summed E-state index contributed by atoms with van der Waals surface area (Å²) >= 11 is 0. The lowest BCUT2D eigenvalue weighted by Gasteiger charge is -2.26. The third kappa shape index (κ3) is 2.29. The molecule has 0 spiro atoms. The van der Waals surface area contributed by atoms with E-state index in [-0.39, 0.29) is 0 Å². The summed E-state index contributed by atoms with van der Waals surface area (Å²) in [6.07, 6.45) is 2.93. The molecule has 2 nitrogen and oxygen atoms in total. The molecule has 1 fully saturated rings. The molecule has 2 unspecified atom stereocenters. The Labute approximate surface area is 68.4 Å². The second-order valence-electron chi connectivity index (χ2n) is 3.40. The van der Waals surface area contributed by atoms with Crippen LogP contribution in [-0.2, 0) is 4.79 Å². The smallest absolute Gasteiger partial charge is 0.136 e. The number of rotatable bonds is 2. The van der Waals surface area contributed by atoms with Crippen molar-refractivity contribution in [3.63, 3.8) is 0 Å². The van der Waals surface area contributed by atoms with E-state index in [1.54, 1.807) is 0 Å². The second kappa shape index (κ2) is 3.86. The molecule has 0 saturated carbocycles. The predicted molar refractivity (Wildman–Crippen MR) is 45.5 cm³/mol. The summed E-state index contributed by atoms with van der Waals surface area (Å²) in [5.74, 6) is 0.723. The van der Waals surface area contributed by atoms with E-state index < -0.39 is 0 Å². The number of piperidine rings is 1. The first-order valence-electron chi connectivity index (χ1n) is 4.50. The van der Waals surface area contributed by atoms with E-state index >= 15 is 0 Å². The zero-order valence-electron chi connectivity index (χ0n) is 7.39. The molecule has 0 aromatic rings. The maximum Gasteiger partial charge on any atom is 0.136 e. The molecule has 0 aromatic carbocycles. The van der Waals surface area contributed by atoms with Gasteiger partial charge in [-0.15, -0.1) is 0 Å². The summed E-state index contributed by atoms with van der Waals surface area (Å²) < 4.78 is 0. The Morgan fingerprint density at radius 2 is 2.27 bits per heavy atom. The van der Waals surface area contributed by atoms with Gasteiger partial charge in [0.1, 0.15) is 5.78 Å². The lowest BCUT2D eigenvalue weighted by molar-refractivity contribution is -0.123. The molecule has 2 atom stereocenters. The van der Waals surface area contributed by atoms with E-state index in [0.717, 1.165) is 19.4 Å². The largest absolute Gasteiger partial charge is 0.314 e. The number of hydrogen-bond acceptors (Lipinski definition) is 2. The van der Waals surface area contributed by atoms with Gasteiger partial charge in [0.25, 0.3) is 0 Å². The van der Waals surface area contributed by atoms with Crippen molar-refractivity contribution in [2.45, 2.75) is 39.2 Å². The number of ketones is 1. The van der Waals surface area contributed by atoms with Crippen molar-refractivity contribution >= 4 is 5.78 Å². The van der Waals surface area contributed by atoms with E-state index in [2.05, 4.69) is 12.2 Å². The molecule has 0 amide bonds. The highest BCUT2D eigenvalue weighted by Gasteiger charge is 2.21. The Morgan fingerprint density at radius 3 is 2.73 bits per heavy atom. The van der Waals surface area contributed by atoms with Crippen LogP contribution in [0.5, 0.6) is 0 Å². The maximum atomic E-state index is 11.2. The molecule has 0 radical (unpaired) electrons. The molecule has 0 bridgehead atoms. The van der Waals surface area contributed by atoms with Gasteiger partial charge in [0, 0.05) is 24.9 Å². The topological polar surface area (TPSA) is 29.1 Å². The molecule has 0 aliphatic carbocycles. The molecule has 64 valence electrons. The fourth-order valence-corrected chi connectivity index (χ4v) is 1.56. The Hall–Kier alpha value is -0.370. The maximum absolute atomic E-state index is 11.2. The molecular formula is C9H17NO. The van der Waals surface area contributed by atoms with Gasteiger partial charge in [-0.1, -0.05) is 6.92 Å². The van der Waals surface area contributed by atoms with Crippen LogP contribution >= 0.6 is 0 Å².